The van der Waals surface area contributed by atoms with E-state index < -0.39 is 171 Å². The second kappa shape index (κ2) is 26.8. The van der Waals surface area contributed by atoms with Gasteiger partial charge in [-0.15, -0.1) is 0 Å². The van der Waals surface area contributed by atoms with Crippen LogP contribution >= 0.6 is 0 Å². The Kier molecular flexibility index (Phi) is 21.7. The first-order chi connectivity index (χ1) is 32.1. The fourth-order valence-electron chi connectivity index (χ4n) is 7.69. The monoisotopic (exact) mass is 958 g/mol. The molecule has 0 unspecified atom stereocenters. The molecular weight excluding hydrogens is 897 g/mol. The van der Waals surface area contributed by atoms with Gasteiger partial charge in [0.2, 0.25) is 65.0 Å². The molecule has 2 aliphatic heterocycles. The quantitative estimate of drug-likeness (QED) is 0.0372. The van der Waals surface area contributed by atoms with Crippen LogP contribution in [-0.2, 0) is 64.0 Å². The second-order valence-corrected chi connectivity index (χ2v) is 16.5. The number of nitrogens with zero attached hydrogens (tertiary/aromatic N) is 2. The summed E-state index contributed by atoms with van der Waals surface area (Å²) in [6.45, 7) is -0.680. The van der Waals surface area contributed by atoms with Crippen molar-refractivity contribution >= 4 is 70.9 Å². The Morgan fingerprint density at radius 2 is 0.971 bits per heavy atom. The Labute approximate surface area is 390 Å². The summed E-state index contributed by atoms with van der Waals surface area (Å²) in [5, 5.41) is 31.1. The second-order valence-electron chi connectivity index (χ2n) is 16.5. The van der Waals surface area contributed by atoms with E-state index in [2.05, 4.69) is 26.6 Å². The SMILES string of the molecule is NC(=O)CC[C@H](NC(=O)[C@H](CCC(N)=O)NC(=O)[C@@H](N)CO)C(=O)N[C@@H](CCC(N)=O)C(=O)N[C@@H](CCC(N)=O)C(=O)N1CCC[C@H]1C(=O)N1CCC[C@H]1C(=O)N[C@@H](Cc1ccccc1)C(=O)O. The number of carbonyl (C=O) groups is 12. The molecule has 1 aromatic rings. The summed E-state index contributed by atoms with van der Waals surface area (Å²) in [7, 11) is 0. The van der Waals surface area contributed by atoms with Gasteiger partial charge in [0, 0.05) is 45.2 Å². The lowest BCUT2D eigenvalue weighted by Crippen LogP contribution is -2.60. The van der Waals surface area contributed by atoms with Gasteiger partial charge >= 0.3 is 5.97 Å². The molecule has 68 heavy (non-hydrogen) atoms. The molecule has 2 saturated heterocycles. The molecule has 0 aliphatic carbocycles. The lowest BCUT2D eigenvalue weighted by molar-refractivity contribution is -0.149. The minimum atomic E-state index is -1.68. The van der Waals surface area contributed by atoms with Crippen LogP contribution in [0.15, 0.2) is 30.3 Å². The molecular formula is C42H62N12O14. The number of likely N-dealkylation sites (tertiary alicyclic amines) is 2. The zero-order valence-corrected chi connectivity index (χ0v) is 37.4. The van der Waals surface area contributed by atoms with Crippen molar-refractivity contribution < 1.29 is 67.7 Å². The van der Waals surface area contributed by atoms with Gasteiger partial charge in [0.1, 0.15) is 48.3 Å². The summed E-state index contributed by atoms with van der Waals surface area (Å²) in [6.07, 6.45) is -2.55. The first kappa shape index (κ1) is 55.1. The fourth-order valence-corrected chi connectivity index (χ4v) is 7.69. The number of rotatable bonds is 28. The zero-order chi connectivity index (χ0) is 50.7. The third-order valence-electron chi connectivity index (χ3n) is 11.3. The van der Waals surface area contributed by atoms with Crippen LogP contribution in [0, 0.1) is 0 Å². The van der Waals surface area contributed by atoms with Gasteiger partial charge in [0.05, 0.1) is 6.61 Å². The Morgan fingerprint density at radius 3 is 1.41 bits per heavy atom. The van der Waals surface area contributed by atoms with Gasteiger partial charge in [-0.05, 0) is 56.9 Å². The summed E-state index contributed by atoms with van der Waals surface area (Å²) in [4.78, 5) is 158. The van der Waals surface area contributed by atoms with Crippen LogP contribution < -0.4 is 55.3 Å². The molecule has 3 rings (SSSR count). The number of amides is 11. The highest BCUT2D eigenvalue weighted by atomic mass is 16.4. The van der Waals surface area contributed by atoms with Crippen molar-refractivity contribution in [2.75, 3.05) is 19.7 Å². The summed E-state index contributed by atoms with van der Waals surface area (Å²) in [5.41, 5.74) is 27.5. The summed E-state index contributed by atoms with van der Waals surface area (Å²) in [5.74, 6) is -11.2. The summed E-state index contributed by atoms with van der Waals surface area (Å²) < 4.78 is 0. The van der Waals surface area contributed by atoms with Crippen LogP contribution in [0.4, 0.5) is 0 Å². The highest BCUT2D eigenvalue weighted by molar-refractivity contribution is 5.98. The number of hydrogen-bond acceptors (Lipinski definition) is 14. The molecule has 11 amide bonds. The Balaban J connectivity index is 1.85. The molecule has 1 aromatic carbocycles. The lowest BCUT2D eigenvalue weighted by atomic mass is 10.0. The molecule has 2 heterocycles. The number of aliphatic hydroxyl groups excluding tert-OH is 1. The molecule has 8 atom stereocenters. The number of aliphatic carboxylic acids is 1. The lowest BCUT2D eigenvalue weighted by Gasteiger charge is -2.33. The summed E-state index contributed by atoms with van der Waals surface area (Å²) >= 11 is 0. The van der Waals surface area contributed by atoms with Crippen LogP contribution in [0.5, 0.6) is 0 Å². The third-order valence-corrected chi connectivity index (χ3v) is 11.3. The first-order valence-corrected chi connectivity index (χ1v) is 22.0. The van der Waals surface area contributed by atoms with E-state index in [0.29, 0.717) is 18.4 Å². The van der Waals surface area contributed by atoms with Gasteiger partial charge in [-0.3, -0.25) is 52.7 Å². The number of benzene rings is 1. The van der Waals surface area contributed by atoms with Crippen molar-refractivity contribution in [1.82, 2.24) is 36.4 Å². The topological polar surface area (TPSA) is 442 Å². The van der Waals surface area contributed by atoms with E-state index in [4.69, 9.17) is 28.7 Å². The van der Waals surface area contributed by atoms with Gasteiger partial charge in [-0.25, -0.2) is 4.79 Å². The normalized spacial score (nSPS) is 18.1. The molecule has 374 valence electrons. The number of hydrogen-bond donors (Lipinski definition) is 12. The molecule has 26 heteroatoms. The van der Waals surface area contributed by atoms with E-state index in [1.54, 1.807) is 30.3 Å². The van der Waals surface area contributed by atoms with Crippen molar-refractivity contribution in [1.29, 1.82) is 0 Å². The molecule has 26 nitrogen and oxygen atoms in total. The predicted octanol–water partition coefficient (Wildman–Crippen LogP) is -5.90. The molecule has 0 radical (unpaired) electrons. The van der Waals surface area contributed by atoms with Crippen molar-refractivity contribution in [2.24, 2.45) is 28.7 Å². The van der Waals surface area contributed by atoms with Crippen molar-refractivity contribution in [2.45, 2.75) is 132 Å². The van der Waals surface area contributed by atoms with Crippen LogP contribution in [0.1, 0.15) is 82.6 Å². The van der Waals surface area contributed by atoms with Gasteiger partial charge in [-0.2, -0.15) is 0 Å². The van der Waals surface area contributed by atoms with Gasteiger partial charge < -0.3 is 75.3 Å². The van der Waals surface area contributed by atoms with E-state index in [1.165, 1.54) is 9.80 Å². The van der Waals surface area contributed by atoms with Crippen LogP contribution in [0.2, 0.25) is 0 Å². The zero-order valence-electron chi connectivity index (χ0n) is 37.4. The van der Waals surface area contributed by atoms with Crippen LogP contribution in [-0.4, -0.2) is 159 Å². The van der Waals surface area contributed by atoms with Crippen LogP contribution in [0.25, 0.3) is 0 Å². The van der Waals surface area contributed by atoms with E-state index >= 15 is 0 Å². The highest BCUT2D eigenvalue weighted by Crippen LogP contribution is 2.26. The van der Waals surface area contributed by atoms with Crippen molar-refractivity contribution in [3.05, 3.63) is 35.9 Å². The third kappa shape index (κ3) is 17.2. The molecule has 2 fully saturated rings. The maximum atomic E-state index is 14.3. The maximum absolute atomic E-state index is 14.3. The van der Waals surface area contributed by atoms with E-state index in [9.17, 15) is 67.7 Å². The molecule has 0 bridgehead atoms. The van der Waals surface area contributed by atoms with Crippen LogP contribution in [0.3, 0.4) is 0 Å². The first-order valence-electron chi connectivity index (χ1n) is 22.0. The number of nitrogens with two attached hydrogens (primary N) is 5. The fraction of sp³-hybridized carbons (Fsp3) is 0.571. The number of carboxylic acids is 1. The van der Waals surface area contributed by atoms with Gasteiger partial charge in [0.15, 0.2) is 0 Å². The Bertz CT molecular complexity index is 2040. The van der Waals surface area contributed by atoms with Gasteiger partial charge in [-0.1, -0.05) is 30.3 Å². The van der Waals surface area contributed by atoms with Crippen molar-refractivity contribution in [3.63, 3.8) is 0 Å². The minimum Gasteiger partial charge on any atom is -0.480 e. The molecule has 0 saturated carbocycles. The molecule has 2 aliphatic rings. The van der Waals surface area contributed by atoms with E-state index in [0.717, 1.165) is 0 Å². The number of carboxylic acid groups (broad SMARTS) is 1. The average molecular weight is 959 g/mol. The van der Waals surface area contributed by atoms with E-state index in [-0.39, 0.29) is 38.8 Å². The standard InChI is InChI=1S/C42H62N12O14/c43-23(21-55)35(60)48-24(10-14-31(44)56)36(61)49-25(11-15-32(45)57)37(62)50-26(12-16-33(46)58)38(63)51-27(13-17-34(47)59)40(65)54-19-5-9-30(54)41(66)53-18-4-8-29(53)39(64)52-28(42(67)68)20-22-6-2-1-3-7-22/h1-3,6-7,23-30,55H,4-5,8-21,43H2,(H2,44,56)(H2,45,57)(H2,46,58)(H2,47,59)(H,48,60)(H,49,61)(H,50,62)(H,51,63)(H,52,64)(H,67,68)/t23-,24-,25-,26-,27-,28-,29-,30-/m0/s1. The maximum Gasteiger partial charge on any atom is 0.326 e. The number of carbonyl (C=O) groups excluding carboxylic acids is 11. The Morgan fingerprint density at radius 1 is 0.559 bits per heavy atom. The molecule has 0 spiro atoms. The van der Waals surface area contributed by atoms with Gasteiger partial charge in [0.25, 0.3) is 0 Å². The Hall–Kier alpha value is -7.22. The largest absolute Gasteiger partial charge is 0.480 e. The summed E-state index contributed by atoms with van der Waals surface area (Å²) in [6, 6.07) is -2.82. The predicted molar refractivity (Wildman–Crippen MR) is 236 cm³/mol. The highest BCUT2D eigenvalue weighted by Gasteiger charge is 2.44. The number of primary amides is 4. The van der Waals surface area contributed by atoms with E-state index in [1.807, 2.05) is 0 Å². The average Bonchev–Trinajstić information content (AvgIpc) is 3.99. The number of nitrogens with one attached hydrogen (secondary N) is 5. The molecule has 17 N–H and O–H groups in total. The minimum absolute atomic E-state index is 0.0109. The number of aliphatic hydroxyl groups is 1. The smallest absolute Gasteiger partial charge is 0.326 e. The van der Waals surface area contributed by atoms with Crippen molar-refractivity contribution in [3.8, 4) is 0 Å². The molecule has 0 aromatic heterocycles.